The summed E-state index contributed by atoms with van der Waals surface area (Å²) in [6, 6.07) is 7.95. The maximum absolute atomic E-state index is 10.1. The van der Waals surface area contributed by atoms with Crippen LogP contribution in [-0.4, -0.2) is 36.3 Å². The quantitative estimate of drug-likeness (QED) is 0.888. The number of fused-ring (bicyclic) bond motifs is 1. The minimum atomic E-state index is -0.610. The van der Waals surface area contributed by atoms with E-state index in [-0.39, 0.29) is 18.1 Å². The van der Waals surface area contributed by atoms with E-state index in [0.29, 0.717) is 6.42 Å². The second kappa shape index (κ2) is 4.47. The lowest BCUT2D eigenvalue weighted by atomic mass is 9.95. The Balaban J connectivity index is 1.84. The van der Waals surface area contributed by atoms with Crippen LogP contribution in [0.3, 0.4) is 0 Å². The molecule has 0 aromatic heterocycles. The van der Waals surface area contributed by atoms with Crippen molar-refractivity contribution >= 4 is 0 Å². The Bertz CT molecular complexity index is 454. The van der Waals surface area contributed by atoms with Crippen molar-refractivity contribution in [1.82, 2.24) is 0 Å². The van der Waals surface area contributed by atoms with Gasteiger partial charge in [-0.25, -0.2) is 0 Å². The van der Waals surface area contributed by atoms with Gasteiger partial charge in [0.1, 0.15) is 11.9 Å². The van der Waals surface area contributed by atoms with Crippen LogP contribution in [0.15, 0.2) is 24.3 Å². The Morgan fingerprint density at radius 3 is 2.42 bits per heavy atom. The molecule has 1 N–H and O–H groups in total. The zero-order valence-corrected chi connectivity index (χ0v) is 11.5. The van der Waals surface area contributed by atoms with E-state index in [4.69, 9.17) is 14.2 Å². The van der Waals surface area contributed by atoms with Gasteiger partial charge in [0.25, 0.3) is 0 Å². The van der Waals surface area contributed by atoms with Crippen LogP contribution in [0.4, 0.5) is 0 Å². The van der Waals surface area contributed by atoms with Crippen LogP contribution in [0.1, 0.15) is 31.7 Å². The van der Waals surface area contributed by atoms with Gasteiger partial charge in [-0.15, -0.1) is 0 Å². The average Bonchev–Trinajstić information content (AvgIpc) is 2.85. The van der Waals surface area contributed by atoms with Crippen molar-refractivity contribution in [2.45, 2.75) is 50.3 Å². The number of rotatable bonds is 2. The number of aliphatic hydroxyl groups excluding tert-OH is 1. The van der Waals surface area contributed by atoms with Crippen molar-refractivity contribution in [2.75, 3.05) is 7.11 Å². The molecule has 0 unspecified atom stereocenters. The Morgan fingerprint density at radius 1 is 1.16 bits per heavy atom. The third-order valence-electron chi connectivity index (χ3n) is 3.98. The monoisotopic (exact) mass is 264 g/mol. The molecule has 0 amide bonds. The molecule has 1 aliphatic heterocycles. The van der Waals surface area contributed by atoms with E-state index in [9.17, 15) is 5.11 Å². The fraction of sp³-hybridized carbons (Fsp3) is 0.600. The normalized spacial score (nSPS) is 36.2. The summed E-state index contributed by atoms with van der Waals surface area (Å²) in [5.74, 6) is 0.400. The highest BCUT2D eigenvalue weighted by molar-refractivity contribution is 5.31. The van der Waals surface area contributed by atoms with Crippen LogP contribution in [-0.2, 0) is 9.47 Å². The smallest absolute Gasteiger partial charge is 0.163 e. The van der Waals surface area contributed by atoms with Crippen molar-refractivity contribution in [3.05, 3.63) is 29.8 Å². The molecule has 1 saturated heterocycles. The average molecular weight is 264 g/mol. The lowest BCUT2D eigenvalue weighted by Gasteiger charge is -2.22. The van der Waals surface area contributed by atoms with Crippen LogP contribution in [0.5, 0.6) is 5.75 Å². The Hall–Kier alpha value is -1.10. The highest BCUT2D eigenvalue weighted by Gasteiger charge is 2.53. The summed E-state index contributed by atoms with van der Waals surface area (Å²) in [6.45, 7) is 3.78. The molecule has 1 aliphatic carbocycles. The lowest BCUT2D eigenvalue weighted by Crippen LogP contribution is -2.28. The van der Waals surface area contributed by atoms with Crippen LogP contribution < -0.4 is 4.74 Å². The van der Waals surface area contributed by atoms with Crippen molar-refractivity contribution in [2.24, 2.45) is 0 Å². The van der Waals surface area contributed by atoms with E-state index in [1.54, 1.807) is 7.11 Å². The van der Waals surface area contributed by atoms with Crippen LogP contribution in [0.25, 0.3) is 0 Å². The van der Waals surface area contributed by atoms with Crippen molar-refractivity contribution in [3.8, 4) is 5.75 Å². The molecule has 3 rings (SSSR count). The summed E-state index contributed by atoms with van der Waals surface area (Å²) in [7, 11) is 1.65. The molecule has 1 aromatic carbocycles. The molecular weight excluding hydrogens is 244 g/mol. The summed E-state index contributed by atoms with van der Waals surface area (Å²) in [5.41, 5.74) is 1.16. The number of methoxy groups -OCH3 is 1. The topological polar surface area (TPSA) is 47.9 Å². The first-order valence-electron chi connectivity index (χ1n) is 6.68. The highest BCUT2D eigenvalue weighted by Crippen LogP contribution is 2.46. The Morgan fingerprint density at radius 2 is 1.79 bits per heavy atom. The standard InChI is InChI=1S/C15H20O4/c1-15(2)18-13-11(8-12(16)14(13)19-15)9-4-6-10(17-3)7-5-9/h4-7,11-14,16H,8H2,1-3H3/t11-,12+,13-,14+/m1/s1. The zero-order valence-electron chi connectivity index (χ0n) is 11.5. The summed E-state index contributed by atoms with van der Waals surface area (Å²) in [5, 5.41) is 10.1. The fourth-order valence-electron chi connectivity index (χ4n) is 3.13. The van der Waals surface area contributed by atoms with Gasteiger partial charge >= 0.3 is 0 Å². The van der Waals surface area contributed by atoms with Gasteiger partial charge in [0.05, 0.1) is 19.3 Å². The SMILES string of the molecule is COc1ccc([C@H]2C[C@H](O)[C@@H]3OC(C)(C)O[C@@H]32)cc1. The molecule has 2 fully saturated rings. The van der Waals surface area contributed by atoms with E-state index in [1.165, 1.54) is 0 Å². The van der Waals surface area contributed by atoms with E-state index in [2.05, 4.69) is 0 Å². The lowest BCUT2D eigenvalue weighted by molar-refractivity contribution is -0.163. The molecule has 1 saturated carbocycles. The fourth-order valence-corrected chi connectivity index (χ4v) is 3.13. The molecule has 2 aliphatic rings. The van der Waals surface area contributed by atoms with Crippen LogP contribution in [0.2, 0.25) is 0 Å². The van der Waals surface area contributed by atoms with Gasteiger partial charge in [-0.3, -0.25) is 0 Å². The summed E-state index contributed by atoms with van der Waals surface area (Å²) in [6.07, 6.45) is -0.0723. The second-order valence-corrected chi connectivity index (χ2v) is 5.75. The number of benzene rings is 1. The van der Waals surface area contributed by atoms with Gasteiger partial charge in [0.2, 0.25) is 0 Å². The molecule has 4 nitrogen and oxygen atoms in total. The number of ether oxygens (including phenoxy) is 3. The predicted molar refractivity (Wildman–Crippen MR) is 70.2 cm³/mol. The molecule has 1 heterocycles. The van der Waals surface area contributed by atoms with Gasteiger partial charge in [0, 0.05) is 5.92 Å². The Labute approximate surface area is 113 Å². The van der Waals surface area contributed by atoms with E-state index < -0.39 is 11.9 Å². The number of aliphatic hydroxyl groups is 1. The van der Waals surface area contributed by atoms with Gasteiger partial charge in [0.15, 0.2) is 5.79 Å². The van der Waals surface area contributed by atoms with Crippen LogP contribution in [0, 0.1) is 0 Å². The van der Waals surface area contributed by atoms with Gasteiger partial charge in [-0.2, -0.15) is 0 Å². The van der Waals surface area contributed by atoms with Crippen molar-refractivity contribution in [3.63, 3.8) is 0 Å². The minimum absolute atomic E-state index is 0.0709. The summed E-state index contributed by atoms with van der Waals surface area (Å²) < 4.78 is 16.9. The number of hydrogen-bond donors (Lipinski definition) is 1. The molecule has 0 radical (unpaired) electrons. The maximum atomic E-state index is 10.1. The zero-order chi connectivity index (χ0) is 13.6. The minimum Gasteiger partial charge on any atom is -0.497 e. The number of hydrogen-bond acceptors (Lipinski definition) is 4. The first-order valence-corrected chi connectivity index (χ1v) is 6.68. The van der Waals surface area contributed by atoms with E-state index in [1.807, 2.05) is 38.1 Å². The molecule has 4 atom stereocenters. The molecule has 104 valence electrons. The molecule has 0 bridgehead atoms. The molecular formula is C15H20O4. The van der Waals surface area contributed by atoms with E-state index >= 15 is 0 Å². The summed E-state index contributed by atoms with van der Waals surface area (Å²) in [4.78, 5) is 0. The maximum Gasteiger partial charge on any atom is 0.163 e. The largest absolute Gasteiger partial charge is 0.497 e. The van der Waals surface area contributed by atoms with Gasteiger partial charge in [-0.1, -0.05) is 12.1 Å². The third-order valence-corrected chi connectivity index (χ3v) is 3.98. The van der Waals surface area contributed by atoms with Crippen molar-refractivity contribution < 1.29 is 19.3 Å². The third kappa shape index (κ3) is 2.24. The van der Waals surface area contributed by atoms with Crippen LogP contribution >= 0.6 is 0 Å². The first kappa shape index (κ1) is 12.9. The molecule has 19 heavy (non-hydrogen) atoms. The second-order valence-electron chi connectivity index (χ2n) is 5.75. The van der Waals surface area contributed by atoms with Crippen molar-refractivity contribution in [1.29, 1.82) is 0 Å². The van der Waals surface area contributed by atoms with Gasteiger partial charge in [-0.05, 0) is 38.0 Å². The Kier molecular flexibility index (Phi) is 3.04. The molecule has 0 spiro atoms. The highest BCUT2D eigenvalue weighted by atomic mass is 16.8. The summed E-state index contributed by atoms with van der Waals surface area (Å²) >= 11 is 0. The molecule has 4 heteroatoms. The predicted octanol–water partition coefficient (Wildman–Crippen LogP) is 2.06. The molecule has 1 aromatic rings. The van der Waals surface area contributed by atoms with E-state index in [0.717, 1.165) is 11.3 Å². The van der Waals surface area contributed by atoms with Gasteiger partial charge < -0.3 is 19.3 Å². The first-order chi connectivity index (χ1) is 9.00.